The molecule has 3 N–H and O–H groups in total. The van der Waals surface area contributed by atoms with Crippen molar-refractivity contribution in [1.29, 1.82) is 0 Å². The maximum atomic E-state index is 5.71. The van der Waals surface area contributed by atoms with E-state index >= 15 is 0 Å². The Balaban J connectivity index is 2.36. The molecule has 0 radical (unpaired) electrons. The summed E-state index contributed by atoms with van der Waals surface area (Å²) in [5.74, 6) is 1.50. The number of hydrogen-bond donors (Lipinski definition) is 2. The van der Waals surface area contributed by atoms with Crippen LogP contribution in [-0.2, 0) is 0 Å². The number of aromatic nitrogens is 4. The number of nitrogens with zero attached hydrogens (tertiary/aromatic N) is 4. The Morgan fingerprint density at radius 2 is 2.33 bits per heavy atom. The molecule has 6 heteroatoms. The Morgan fingerprint density at radius 3 is 3.00 bits per heavy atom. The van der Waals surface area contributed by atoms with Crippen molar-refractivity contribution in [3.8, 4) is 5.82 Å². The van der Waals surface area contributed by atoms with Crippen LogP contribution < -0.4 is 11.1 Å². The zero-order valence-electron chi connectivity index (χ0n) is 8.38. The van der Waals surface area contributed by atoms with Crippen molar-refractivity contribution < 1.29 is 0 Å². The van der Waals surface area contributed by atoms with Gasteiger partial charge in [-0.2, -0.15) is 9.67 Å². The fourth-order valence-electron chi connectivity index (χ4n) is 1.20. The SMILES string of the molecule is CCNc1nc(N)n(-c2ccccn2)n1. The second kappa shape index (κ2) is 3.95. The van der Waals surface area contributed by atoms with Crippen LogP contribution in [0.1, 0.15) is 6.92 Å². The third-order valence-electron chi connectivity index (χ3n) is 1.83. The Labute approximate surface area is 87.2 Å². The van der Waals surface area contributed by atoms with Crippen LogP contribution in [0.3, 0.4) is 0 Å². The standard InChI is InChI=1S/C9H12N6/c1-2-11-9-13-8(10)15(14-9)7-5-3-4-6-12-7/h3-6H,2H2,1H3,(H3,10,11,13,14). The van der Waals surface area contributed by atoms with E-state index in [1.165, 1.54) is 4.68 Å². The molecule has 2 aromatic rings. The van der Waals surface area contributed by atoms with Crippen molar-refractivity contribution in [3.05, 3.63) is 24.4 Å². The summed E-state index contributed by atoms with van der Waals surface area (Å²) in [5, 5.41) is 7.16. The third kappa shape index (κ3) is 1.88. The van der Waals surface area contributed by atoms with Gasteiger partial charge in [0.15, 0.2) is 5.82 Å². The van der Waals surface area contributed by atoms with E-state index in [9.17, 15) is 0 Å². The molecule has 2 aromatic heterocycles. The van der Waals surface area contributed by atoms with E-state index in [0.717, 1.165) is 6.54 Å². The van der Waals surface area contributed by atoms with Crippen molar-refractivity contribution >= 4 is 11.9 Å². The molecule has 6 nitrogen and oxygen atoms in total. The van der Waals surface area contributed by atoms with Gasteiger partial charge in [0.1, 0.15) is 0 Å². The van der Waals surface area contributed by atoms with E-state index in [1.54, 1.807) is 6.20 Å². The second-order valence-corrected chi connectivity index (χ2v) is 2.92. The van der Waals surface area contributed by atoms with Gasteiger partial charge in [-0.15, -0.1) is 5.10 Å². The maximum absolute atomic E-state index is 5.71. The lowest BCUT2D eigenvalue weighted by Gasteiger charge is -1.99. The number of rotatable bonds is 3. The van der Waals surface area contributed by atoms with Crippen LogP contribution in [0.2, 0.25) is 0 Å². The lowest BCUT2D eigenvalue weighted by Crippen LogP contribution is -2.04. The molecular weight excluding hydrogens is 192 g/mol. The summed E-state index contributed by atoms with van der Waals surface area (Å²) in [6, 6.07) is 5.53. The molecule has 0 aliphatic carbocycles. The molecule has 2 rings (SSSR count). The Bertz CT molecular complexity index is 435. The first-order valence-electron chi connectivity index (χ1n) is 4.69. The minimum Gasteiger partial charge on any atom is -0.368 e. The Hall–Kier alpha value is -2.11. The largest absolute Gasteiger partial charge is 0.368 e. The van der Waals surface area contributed by atoms with Gasteiger partial charge >= 0.3 is 0 Å². The van der Waals surface area contributed by atoms with Gasteiger partial charge in [0.2, 0.25) is 11.9 Å². The molecule has 15 heavy (non-hydrogen) atoms. The zero-order valence-corrected chi connectivity index (χ0v) is 8.38. The number of nitrogens with one attached hydrogen (secondary N) is 1. The van der Waals surface area contributed by atoms with Crippen molar-refractivity contribution in [2.45, 2.75) is 6.92 Å². The summed E-state index contributed by atoms with van der Waals surface area (Å²) in [6.07, 6.45) is 1.68. The number of hydrogen-bond acceptors (Lipinski definition) is 5. The first-order valence-corrected chi connectivity index (χ1v) is 4.69. The first kappa shape index (κ1) is 9.45. The molecule has 78 valence electrons. The zero-order chi connectivity index (χ0) is 10.7. The van der Waals surface area contributed by atoms with Crippen LogP contribution in [0.15, 0.2) is 24.4 Å². The molecule has 0 unspecified atom stereocenters. The average Bonchev–Trinajstić information content (AvgIpc) is 2.61. The molecule has 0 bridgehead atoms. The van der Waals surface area contributed by atoms with Crippen LogP contribution in [0.5, 0.6) is 0 Å². The van der Waals surface area contributed by atoms with Gasteiger partial charge in [-0.1, -0.05) is 6.07 Å². The van der Waals surface area contributed by atoms with Crippen LogP contribution >= 0.6 is 0 Å². The van der Waals surface area contributed by atoms with Crippen molar-refractivity contribution in [1.82, 2.24) is 19.7 Å². The minimum absolute atomic E-state index is 0.324. The van der Waals surface area contributed by atoms with Crippen LogP contribution in [-0.4, -0.2) is 26.3 Å². The second-order valence-electron chi connectivity index (χ2n) is 2.92. The molecule has 2 heterocycles. The van der Waals surface area contributed by atoms with Gasteiger partial charge in [-0.05, 0) is 19.1 Å². The highest BCUT2D eigenvalue weighted by molar-refractivity contribution is 5.37. The molecule has 0 aliphatic rings. The topological polar surface area (TPSA) is 81.6 Å². The van der Waals surface area contributed by atoms with Crippen LogP contribution in [0.25, 0.3) is 5.82 Å². The monoisotopic (exact) mass is 204 g/mol. The summed E-state index contributed by atoms with van der Waals surface area (Å²) in [5.41, 5.74) is 5.71. The molecule has 0 saturated carbocycles. The number of nitrogen functional groups attached to an aromatic ring is 1. The smallest absolute Gasteiger partial charge is 0.244 e. The fraction of sp³-hybridized carbons (Fsp3) is 0.222. The lowest BCUT2D eigenvalue weighted by molar-refractivity contribution is 0.856. The molecule has 0 amide bonds. The quantitative estimate of drug-likeness (QED) is 0.768. The van der Waals surface area contributed by atoms with Gasteiger partial charge in [0.25, 0.3) is 0 Å². The molecule has 0 saturated heterocycles. The van der Waals surface area contributed by atoms with Crippen molar-refractivity contribution in [2.24, 2.45) is 0 Å². The third-order valence-corrected chi connectivity index (χ3v) is 1.83. The molecule has 0 spiro atoms. The predicted molar refractivity (Wildman–Crippen MR) is 57.7 cm³/mol. The molecular formula is C9H12N6. The normalized spacial score (nSPS) is 10.2. The van der Waals surface area contributed by atoms with E-state index in [1.807, 2.05) is 25.1 Å². The lowest BCUT2D eigenvalue weighted by atomic mass is 10.5. The summed E-state index contributed by atoms with van der Waals surface area (Å²) in [7, 11) is 0. The summed E-state index contributed by atoms with van der Waals surface area (Å²) in [6.45, 7) is 2.73. The maximum Gasteiger partial charge on any atom is 0.244 e. The fourth-order valence-corrected chi connectivity index (χ4v) is 1.20. The number of pyridine rings is 1. The average molecular weight is 204 g/mol. The van der Waals surface area contributed by atoms with Crippen molar-refractivity contribution in [3.63, 3.8) is 0 Å². The van der Waals surface area contributed by atoms with E-state index in [4.69, 9.17) is 5.73 Å². The van der Waals surface area contributed by atoms with E-state index in [2.05, 4.69) is 20.4 Å². The van der Waals surface area contributed by atoms with Crippen LogP contribution in [0, 0.1) is 0 Å². The van der Waals surface area contributed by atoms with Gasteiger partial charge in [-0.3, -0.25) is 0 Å². The minimum atomic E-state index is 0.324. The Kier molecular flexibility index (Phi) is 2.49. The number of nitrogens with two attached hydrogens (primary N) is 1. The Morgan fingerprint density at radius 1 is 1.47 bits per heavy atom. The number of anilines is 2. The molecule has 0 fully saturated rings. The van der Waals surface area contributed by atoms with Gasteiger partial charge in [0.05, 0.1) is 0 Å². The highest BCUT2D eigenvalue weighted by Gasteiger charge is 2.07. The van der Waals surface area contributed by atoms with Crippen molar-refractivity contribution in [2.75, 3.05) is 17.6 Å². The highest BCUT2D eigenvalue weighted by Crippen LogP contribution is 2.10. The van der Waals surface area contributed by atoms with E-state index in [-0.39, 0.29) is 0 Å². The van der Waals surface area contributed by atoms with Crippen LogP contribution in [0.4, 0.5) is 11.9 Å². The van der Waals surface area contributed by atoms with E-state index in [0.29, 0.717) is 17.7 Å². The van der Waals surface area contributed by atoms with E-state index < -0.39 is 0 Å². The summed E-state index contributed by atoms with van der Waals surface area (Å²) >= 11 is 0. The highest BCUT2D eigenvalue weighted by atomic mass is 15.4. The molecule has 0 atom stereocenters. The predicted octanol–water partition coefficient (Wildman–Crippen LogP) is 0.676. The first-order chi connectivity index (χ1) is 7.31. The summed E-state index contributed by atoms with van der Waals surface area (Å²) < 4.78 is 1.50. The van der Waals surface area contributed by atoms with Gasteiger partial charge in [-0.25, -0.2) is 4.98 Å². The molecule has 0 aromatic carbocycles. The van der Waals surface area contributed by atoms with Gasteiger partial charge in [0, 0.05) is 12.7 Å². The van der Waals surface area contributed by atoms with Gasteiger partial charge < -0.3 is 11.1 Å². The molecule has 0 aliphatic heterocycles. The summed E-state index contributed by atoms with van der Waals surface area (Å²) in [4.78, 5) is 8.19.